The van der Waals surface area contributed by atoms with Crippen molar-refractivity contribution in [2.75, 3.05) is 0 Å². The number of hydrogen-bond acceptors (Lipinski definition) is 5. The molecule has 0 aliphatic rings. The van der Waals surface area contributed by atoms with Gasteiger partial charge in [-0.15, -0.1) is 11.3 Å². The predicted molar refractivity (Wildman–Crippen MR) is 198 cm³/mol. The first-order chi connectivity index (χ1) is 22.9. The van der Waals surface area contributed by atoms with Crippen LogP contribution in [0.5, 0.6) is 0 Å². The molecular formula is C41H38N2O3S. The molecular weight excluding hydrogens is 601 g/mol. The molecule has 0 amide bonds. The van der Waals surface area contributed by atoms with Crippen LogP contribution in [0.15, 0.2) is 101 Å². The zero-order valence-electron chi connectivity index (χ0n) is 27.3. The summed E-state index contributed by atoms with van der Waals surface area (Å²) >= 11 is 1.68. The summed E-state index contributed by atoms with van der Waals surface area (Å²) in [5.74, 6) is 0.0460. The van der Waals surface area contributed by atoms with Crippen LogP contribution in [0, 0.1) is 12.8 Å². The molecule has 7 aromatic rings. The van der Waals surface area contributed by atoms with Gasteiger partial charge < -0.3 is 9.40 Å². The Hall–Kier alpha value is -4.81. The summed E-state index contributed by atoms with van der Waals surface area (Å²) in [6, 6.07) is 30.8. The van der Waals surface area contributed by atoms with E-state index in [0.29, 0.717) is 11.6 Å². The van der Waals surface area contributed by atoms with Crippen molar-refractivity contribution in [1.29, 1.82) is 0 Å². The van der Waals surface area contributed by atoms with E-state index in [1.165, 1.54) is 26.2 Å². The van der Waals surface area contributed by atoms with Crippen molar-refractivity contribution in [3.8, 4) is 0 Å². The van der Waals surface area contributed by atoms with Gasteiger partial charge in [0, 0.05) is 60.9 Å². The van der Waals surface area contributed by atoms with Gasteiger partial charge >= 0.3 is 5.97 Å². The molecule has 5 aromatic carbocycles. The van der Waals surface area contributed by atoms with Gasteiger partial charge in [-0.2, -0.15) is 0 Å². The summed E-state index contributed by atoms with van der Waals surface area (Å²) in [4.78, 5) is 31.4. The summed E-state index contributed by atoms with van der Waals surface area (Å²) in [5, 5.41) is 10.3. The first-order valence-electron chi connectivity index (χ1n) is 16.5. The van der Waals surface area contributed by atoms with E-state index in [9.17, 15) is 9.59 Å². The Balaban J connectivity index is 1.66. The lowest BCUT2D eigenvalue weighted by molar-refractivity contribution is -0.140. The number of aromatic nitrogens is 1. The first-order valence-corrected chi connectivity index (χ1v) is 17.4. The molecule has 0 N–H and O–H groups in total. The van der Waals surface area contributed by atoms with Crippen molar-refractivity contribution < 1.29 is 9.63 Å². The van der Waals surface area contributed by atoms with Crippen LogP contribution in [0.3, 0.4) is 0 Å². The van der Waals surface area contributed by atoms with Crippen LogP contribution in [0.4, 0.5) is 0 Å². The molecule has 2 heterocycles. The molecule has 0 saturated carbocycles. The summed E-state index contributed by atoms with van der Waals surface area (Å²) in [7, 11) is 0. The van der Waals surface area contributed by atoms with E-state index in [1.54, 1.807) is 11.3 Å². The summed E-state index contributed by atoms with van der Waals surface area (Å²) in [5.41, 5.74) is 5.76. The van der Waals surface area contributed by atoms with Crippen molar-refractivity contribution in [2.45, 2.75) is 59.9 Å². The SMILES string of the molecule is CCCCC(CC)Cn1c2ccc3c(=O)c4ccccc4sc3c2c2cc(C(=NOC(C)=O)c3ccccc3C)c3ccccc3c21. The third-order valence-electron chi connectivity index (χ3n) is 9.48. The third kappa shape index (κ3) is 5.40. The molecule has 0 aliphatic carbocycles. The highest BCUT2D eigenvalue weighted by Crippen LogP contribution is 2.42. The molecule has 7 rings (SSSR count). The van der Waals surface area contributed by atoms with Crippen LogP contribution in [0.2, 0.25) is 0 Å². The largest absolute Gasteiger partial charge is 0.340 e. The van der Waals surface area contributed by atoms with Gasteiger partial charge in [-0.1, -0.05) is 98.9 Å². The molecule has 1 unspecified atom stereocenters. The molecule has 2 aromatic heterocycles. The fourth-order valence-electron chi connectivity index (χ4n) is 7.06. The van der Waals surface area contributed by atoms with E-state index >= 15 is 0 Å². The fraction of sp³-hybridized carbons (Fsp3) is 0.244. The quantitative estimate of drug-likeness (QED) is 0.0684. The highest BCUT2D eigenvalue weighted by molar-refractivity contribution is 7.25. The van der Waals surface area contributed by atoms with Gasteiger partial charge in [-0.25, -0.2) is 4.79 Å². The van der Waals surface area contributed by atoms with Gasteiger partial charge in [-0.05, 0) is 60.5 Å². The molecule has 0 fully saturated rings. The molecule has 5 nitrogen and oxygen atoms in total. The van der Waals surface area contributed by atoms with Crippen molar-refractivity contribution >= 4 is 75.8 Å². The number of unbranched alkanes of at least 4 members (excludes halogenated alkanes) is 1. The third-order valence-corrected chi connectivity index (χ3v) is 10.7. The molecule has 47 heavy (non-hydrogen) atoms. The van der Waals surface area contributed by atoms with Crippen LogP contribution in [0.1, 0.15) is 63.1 Å². The molecule has 0 radical (unpaired) electrons. The van der Waals surface area contributed by atoms with Crippen molar-refractivity contribution in [2.24, 2.45) is 11.1 Å². The van der Waals surface area contributed by atoms with Gasteiger partial charge in [0.25, 0.3) is 0 Å². The minimum atomic E-state index is -0.474. The van der Waals surface area contributed by atoms with E-state index in [0.717, 1.165) is 82.4 Å². The number of rotatable bonds is 9. The van der Waals surface area contributed by atoms with E-state index in [2.05, 4.69) is 60.0 Å². The highest BCUT2D eigenvalue weighted by Gasteiger charge is 2.24. The monoisotopic (exact) mass is 638 g/mol. The van der Waals surface area contributed by atoms with E-state index < -0.39 is 5.97 Å². The van der Waals surface area contributed by atoms with Crippen molar-refractivity contribution in [3.63, 3.8) is 0 Å². The molecule has 0 bridgehead atoms. The standard InChI is InChI=1S/C41H38N2O3S/c1-5-7-15-27(6-2)24-43-35-22-21-32-40(45)31-19-12-13-20-36(31)47-41(32)37(35)34-23-33(29-17-10-11-18-30(29)39(34)43)38(42-46-26(4)44)28-16-9-8-14-25(28)3/h8-14,16-23,27H,5-7,15,24H2,1-4H3. The zero-order valence-corrected chi connectivity index (χ0v) is 28.1. The lowest BCUT2D eigenvalue weighted by Gasteiger charge is -2.19. The zero-order chi connectivity index (χ0) is 32.7. The molecule has 0 aliphatic heterocycles. The second-order valence-electron chi connectivity index (χ2n) is 12.5. The number of aryl methyl sites for hydroxylation is 1. The Kier molecular flexibility index (Phi) is 8.37. The second kappa shape index (κ2) is 12.8. The maximum Gasteiger partial charge on any atom is 0.332 e. The van der Waals surface area contributed by atoms with Crippen LogP contribution in [0.25, 0.3) is 52.8 Å². The lowest BCUT2D eigenvalue weighted by atomic mass is 9.92. The Morgan fingerprint density at radius 2 is 1.57 bits per heavy atom. The minimum Gasteiger partial charge on any atom is -0.340 e. The Morgan fingerprint density at radius 1 is 0.851 bits per heavy atom. The van der Waals surface area contributed by atoms with Gasteiger partial charge in [-0.3, -0.25) is 4.79 Å². The van der Waals surface area contributed by atoms with Gasteiger partial charge in [0.2, 0.25) is 0 Å². The van der Waals surface area contributed by atoms with E-state index in [-0.39, 0.29) is 5.43 Å². The first kappa shape index (κ1) is 30.8. The molecule has 0 saturated heterocycles. The highest BCUT2D eigenvalue weighted by atomic mass is 32.1. The maximum atomic E-state index is 13.9. The fourth-order valence-corrected chi connectivity index (χ4v) is 8.28. The maximum absolute atomic E-state index is 13.9. The van der Waals surface area contributed by atoms with Crippen LogP contribution >= 0.6 is 11.3 Å². The molecule has 0 spiro atoms. The van der Waals surface area contributed by atoms with Gasteiger partial charge in [0.1, 0.15) is 5.71 Å². The van der Waals surface area contributed by atoms with Gasteiger partial charge in [0.05, 0.1) is 11.0 Å². The predicted octanol–water partition coefficient (Wildman–Crippen LogP) is 10.5. The van der Waals surface area contributed by atoms with Crippen LogP contribution in [-0.4, -0.2) is 16.2 Å². The molecule has 6 heteroatoms. The topological polar surface area (TPSA) is 60.7 Å². The van der Waals surface area contributed by atoms with Crippen molar-refractivity contribution in [1.82, 2.24) is 4.57 Å². The van der Waals surface area contributed by atoms with E-state index in [1.807, 2.05) is 61.5 Å². The van der Waals surface area contributed by atoms with Crippen molar-refractivity contribution in [3.05, 3.63) is 118 Å². The van der Waals surface area contributed by atoms with E-state index in [4.69, 9.17) is 4.84 Å². The molecule has 236 valence electrons. The number of carbonyl (C=O) groups is 1. The Morgan fingerprint density at radius 3 is 2.32 bits per heavy atom. The summed E-state index contributed by atoms with van der Waals surface area (Å²) < 4.78 is 4.47. The Bertz CT molecular complexity index is 2420. The van der Waals surface area contributed by atoms with Crippen LogP contribution < -0.4 is 5.43 Å². The summed E-state index contributed by atoms with van der Waals surface area (Å²) in [6.07, 6.45) is 4.63. The number of hydrogen-bond donors (Lipinski definition) is 0. The average molecular weight is 639 g/mol. The average Bonchev–Trinajstić information content (AvgIpc) is 3.40. The van der Waals surface area contributed by atoms with Crippen LogP contribution in [-0.2, 0) is 16.2 Å². The Labute approximate surface area is 278 Å². The number of fused-ring (bicyclic) bond motifs is 8. The second-order valence-corrected chi connectivity index (χ2v) is 13.5. The summed E-state index contributed by atoms with van der Waals surface area (Å²) in [6.45, 7) is 8.85. The smallest absolute Gasteiger partial charge is 0.332 e. The molecule has 1 atom stereocenters. The number of benzene rings is 5. The van der Waals surface area contributed by atoms with Gasteiger partial charge in [0.15, 0.2) is 5.43 Å². The number of nitrogens with zero attached hydrogens (tertiary/aromatic N) is 2. The lowest BCUT2D eigenvalue weighted by Crippen LogP contribution is -2.11. The minimum absolute atomic E-state index is 0.0598. The normalized spacial score (nSPS) is 12.9. The number of oxime groups is 1. The number of carbonyl (C=O) groups excluding carboxylic acids is 1.